The van der Waals surface area contributed by atoms with Gasteiger partial charge in [-0.15, -0.1) is 0 Å². The zero-order chi connectivity index (χ0) is 23.6. The molecule has 33 heavy (non-hydrogen) atoms. The molecule has 1 unspecified atom stereocenters. The Hall–Kier alpha value is -3.53. The molecule has 0 spiro atoms. The molecule has 4 rings (SSSR count). The number of Topliss-reactive ketones (excluding diaryl/α,β-unsaturated/α-hetero) is 1. The van der Waals surface area contributed by atoms with Crippen molar-refractivity contribution in [1.29, 1.82) is 0 Å². The van der Waals surface area contributed by atoms with Crippen molar-refractivity contribution in [1.82, 2.24) is 14.5 Å². The van der Waals surface area contributed by atoms with E-state index in [2.05, 4.69) is 9.97 Å². The molecular formula is C23H23N3O6S. The molecule has 0 aliphatic carbocycles. The minimum Gasteiger partial charge on any atom is -0.454 e. The molecule has 172 valence electrons. The summed E-state index contributed by atoms with van der Waals surface area (Å²) < 4.78 is 36.5. The first kappa shape index (κ1) is 22.7. The standard InChI is InChI=1S/C23H23N3O6S/c1-15-11-20(16(2)26(15)17-7-10-33(29,30)14-17)21(27)13-31-23(28)19-6-4-9-25-22(19)32-18-5-3-8-24-12-18/h3-6,8-9,11-12,17H,7,10,13-14H2,1-2H3. The van der Waals surface area contributed by atoms with Gasteiger partial charge in [-0.25, -0.2) is 18.2 Å². The van der Waals surface area contributed by atoms with Crippen LogP contribution in [0.25, 0.3) is 0 Å². The van der Waals surface area contributed by atoms with Crippen molar-refractivity contribution in [3.8, 4) is 11.6 Å². The molecule has 3 aromatic rings. The highest BCUT2D eigenvalue weighted by Gasteiger charge is 2.32. The first-order valence-corrected chi connectivity index (χ1v) is 12.2. The molecule has 0 radical (unpaired) electrons. The largest absolute Gasteiger partial charge is 0.454 e. The minimum absolute atomic E-state index is 0.0450. The zero-order valence-corrected chi connectivity index (χ0v) is 19.0. The van der Waals surface area contributed by atoms with Crippen LogP contribution < -0.4 is 4.74 Å². The average Bonchev–Trinajstić information content (AvgIpc) is 3.30. The Morgan fingerprint density at radius 1 is 1.15 bits per heavy atom. The van der Waals surface area contributed by atoms with Crippen molar-refractivity contribution in [3.63, 3.8) is 0 Å². The first-order chi connectivity index (χ1) is 15.7. The summed E-state index contributed by atoms with van der Waals surface area (Å²) >= 11 is 0. The van der Waals surface area contributed by atoms with Crippen molar-refractivity contribution < 1.29 is 27.5 Å². The Kier molecular flexibility index (Phi) is 6.28. The normalized spacial score (nSPS) is 17.0. The van der Waals surface area contributed by atoms with Crippen molar-refractivity contribution in [3.05, 3.63) is 71.4 Å². The lowest BCUT2D eigenvalue weighted by atomic mass is 10.1. The highest BCUT2D eigenvalue weighted by molar-refractivity contribution is 7.91. The Balaban J connectivity index is 1.46. The number of aryl methyl sites for hydroxylation is 1. The molecule has 1 aliphatic rings. The number of esters is 1. The number of ether oxygens (including phenoxy) is 2. The number of pyridine rings is 2. The van der Waals surface area contributed by atoms with Gasteiger partial charge in [-0.1, -0.05) is 0 Å². The first-order valence-electron chi connectivity index (χ1n) is 10.4. The maximum atomic E-state index is 12.8. The van der Waals surface area contributed by atoms with Gasteiger partial charge in [-0.3, -0.25) is 9.78 Å². The molecule has 0 saturated carbocycles. The second-order valence-electron chi connectivity index (χ2n) is 7.86. The summed E-state index contributed by atoms with van der Waals surface area (Å²) in [5.74, 6) is -0.462. The van der Waals surface area contributed by atoms with E-state index in [1.165, 1.54) is 18.5 Å². The molecule has 1 atom stereocenters. The van der Waals surface area contributed by atoms with Crippen molar-refractivity contribution in [2.45, 2.75) is 26.3 Å². The third kappa shape index (κ3) is 4.95. The third-order valence-electron chi connectivity index (χ3n) is 5.53. The maximum absolute atomic E-state index is 12.8. The topological polar surface area (TPSA) is 117 Å². The van der Waals surface area contributed by atoms with Crippen LogP contribution >= 0.6 is 0 Å². The van der Waals surface area contributed by atoms with Crippen molar-refractivity contribution in [2.24, 2.45) is 0 Å². The van der Waals surface area contributed by atoms with E-state index in [1.807, 2.05) is 11.5 Å². The minimum atomic E-state index is -3.06. The number of carbonyl (C=O) groups is 2. The number of hydrogen-bond acceptors (Lipinski definition) is 8. The predicted molar refractivity (Wildman–Crippen MR) is 119 cm³/mol. The summed E-state index contributed by atoms with van der Waals surface area (Å²) in [6.45, 7) is 3.14. The second kappa shape index (κ2) is 9.14. The summed E-state index contributed by atoms with van der Waals surface area (Å²) in [7, 11) is -3.06. The predicted octanol–water partition coefficient (Wildman–Crippen LogP) is 3.09. The fraction of sp³-hybridized carbons (Fsp3) is 0.304. The van der Waals surface area contributed by atoms with E-state index >= 15 is 0 Å². The summed E-state index contributed by atoms with van der Waals surface area (Å²) in [4.78, 5) is 33.5. The fourth-order valence-corrected chi connectivity index (χ4v) is 5.73. The molecule has 9 nitrogen and oxygen atoms in total. The van der Waals surface area contributed by atoms with Crippen LogP contribution in [-0.4, -0.2) is 52.8 Å². The highest BCUT2D eigenvalue weighted by Crippen LogP contribution is 2.29. The van der Waals surface area contributed by atoms with E-state index in [4.69, 9.17) is 9.47 Å². The molecule has 3 aromatic heterocycles. The SMILES string of the molecule is Cc1cc(C(=O)COC(=O)c2cccnc2Oc2cccnc2)c(C)n1C1CCS(=O)(=O)C1. The number of sulfone groups is 1. The number of rotatable bonds is 7. The van der Waals surface area contributed by atoms with Gasteiger partial charge in [0.2, 0.25) is 11.7 Å². The van der Waals surface area contributed by atoms with Crippen LogP contribution in [0.2, 0.25) is 0 Å². The van der Waals surface area contributed by atoms with Crippen LogP contribution in [0.15, 0.2) is 48.9 Å². The van der Waals surface area contributed by atoms with E-state index in [1.54, 1.807) is 37.4 Å². The van der Waals surface area contributed by atoms with Gasteiger partial charge in [-0.05, 0) is 50.6 Å². The van der Waals surface area contributed by atoms with Gasteiger partial charge in [0, 0.05) is 35.4 Å². The van der Waals surface area contributed by atoms with E-state index in [-0.39, 0.29) is 34.8 Å². The van der Waals surface area contributed by atoms with Gasteiger partial charge in [0.05, 0.1) is 17.7 Å². The van der Waals surface area contributed by atoms with Gasteiger partial charge in [0.15, 0.2) is 16.4 Å². The lowest BCUT2D eigenvalue weighted by Crippen LogP contribution is -2.17. The van der Waals surface area contributed by atoms with Crippen LogP contribution in [0.3, 0.4) is 0 Å². The lowest BCUT2D eigenvalue weighted by molar-refractivity contribution is 0.0471. The number of nitrogens with zero attached hydrogens (tertiary/aromatic N) is 3. The molecular weight excluding hydrogens is 446 g/mol. The van der Waals surface area contributed by atoms with Gasteiger partial charge in [0.1, 0.15) is 11.3 Å². The highest BCUT2D eigenvalue weighted by atomic mass is 32.2. The maximum Gasteiger partial charge on any atom is 0.344 e. The molecule has 0 aromatic carbocycles. The summed E-state index contributed by atoms with van der Waals surface area (Å²) in [5.41, 5.74) is 1.94. The monoisotopic (exact) mass is 469 g/mol. The molecule has 0 amide bonds. The molecule has 10 heteroatoms. The lowest BCUT2D eigenvalue weighted by Gasteiger charge is -2.16. The second-order valence-corrected chi connectivity index (χ2v) is 10.1. The van der Waals surface area contributed by atoms with Crippen LogP contribution in [0.4, 0.5) is 0 Å². The fourth-order valence-electron chi connectivity index (χ4n) is 4.03. The molecule has 1 aliphatic heterocycles. The van der Waals surface area contributed by atoms with Crippen LogP contribution in [-0.2, 0) is 14.6 Å². The number of hydrogen-bond donors (Lipinski definition) is 0. The number of carbonyl (C=O) groups excluding carboxylic acids is 2. The number of aromatic nitrogens is 3. The van der Waals surface area contributed by atoms with Gasteiger partial charge < -0.3 is 14.0 Å². The van der Waals surface area contributed by atoms with E-state index in [0.717, 1.165) is 5.69 Å². The number of ketones is 1. The van der Waals surface area contributed by atoms with E-state index in [9.17, 15) is 18.0 Å². The van der Waals surface area contributed by atoms with E-state index < -0.39 is 22.4 Å². The van der Waals surface area contributed by atoms with Crippen LogP contribution in [0, 0.1) is 13.8 Å². The molecule has 0 bridgehead atoms. The van der Waals surface area contributed by atoms with Gasteiger partial charge in [-0.2, -0.15) is 0 Å². The van der Waals surface area contributed by atoms with E-state index in [0.29, 0.717) is 23.4 Å². The van der Waals surface area contributed by atoms with Crippen LogP contribution in [0.5, 0.6) is 11.6 Å². The molecule has 0 N–H and O–H groups in total. The summed E-state index contributed by atoms with van der Waals surface area (Å²) in [6.07, 6.45) is 5.07. The average molecular weight is 470 g/mol. The summed E-state index contributed by atoms with van der Waals surface area (Å²) in [6, 6.07) is 7.94. The molecule has 1 fully saturated rings. The Labute approximate surface area is 191 Å². The van der Waals surface area contributed by atoms with Crippen molar-refractivity contribution in [2.75, 3.05) is 18.1 Å². The quantitative estimate of drug-likeness (QED) is 0.383. The Morgan fingerprint density at radius 3 is 2.64 bits per heavy atom. The smallest absolute Gasteiger partial charge is 0.344 e. The summed E-state index contributed by atoms with van der Waals surface area (Å²) in [5, 5.41) is 0. The van der Waals surface area contributed by atoms with Gasteiger partial charge in [0.25, 0.3) is 0 Å². The Bertz CT molecular complexity index is 1300. The molecule has 1 saturated heterocycles. The molecule has 4 heterocycles. The van der Waals surface area contributed by atoms with Crippen LogP contribution in [0.1, 0.15) is 44.6 Å². The third-order valence-corrected chi connectivity index (χ3v) is 7.28. The Morgan fingerprint density at radius 2 is 1.94 bits per heavy atom. The zero-order valence-electron chi connectivity index (χ0n) is 18.2. The van der Waals surface area contributed by atoms with Gasteiger partial charge >= 0.3 is 5.97 Å². The van der Waals surface area contributed by atoms with Crippen molar-refractivity contribution >= 4 is 21.6 Å².